The van der Waals surface area contributed by atoms with Crippen LogP contribution in [0.4, 0.5) is 4.79 Å². The fourth-order valence-electron chi connectivity index (χ4n) is 5.24. The fourth-order valence-corrected chi connectivity index (χ4v) is 5.24. The summed E-state index contributed by atoms with van der Waals surface area (Å²) in [5.74, 6) is 1.71. The maximum absolute atomic E-state index is 11.7. The highest BCUT2D eigenvalue weighted by Crippen LogP contribution is 2.41. The predicted molar refractivity (Wildman–Crippen MR) is 106 cm³/mol. The van der Waals surface area contributed by atoms with Gasteiger partial charge in [-0.25, -0.2) is 4.79 Å². The molecular weight excluding hydrogens is 338 g/mol. The molecule has 1 saturated heterocycles. The SMILES string of the molecule is CC(C)OCCC[C@@H]1CCc2cc([C@H]3CC[C@@H]4COC(=O)NC43)ccc2C1. The zero-order valence-electron chi connectivity index (χ0n) is 16.7. The predicted octanol–water partition coefficient (Wildman–Crippen LogP) is 4.60. The first-order valence-electron chi connectivity index (χ1n) is 10.8. The molecule has 1 aromatic rings. The van der Waals surface area contributed by atoms with Crippen molar-refractivity contribution in [1.82, 2.24) is 5.32 Å². The Morgan fingerprint density at radius 3 is 2.96 bits per heavy atom. The highest BCUT2D eigenvalue weighted by atomic mass is 16.6. The number of hydrogen-bond acceptors (Lipinski definition) is 3. The van der Waals surface area contributed by atoms with Crippen molar-refractivity contribution in [3.05, 3.63) is 34.9 Å². The zero-order chi connectivity index (χ0) is 18.8. The van der Waals surface area contributed by atoms with E-state index in [1.54, 1.807) is 0 Å². The van der Waals surface area contributed by atoms with Gasteiger partial charge in [0.25, 0.3) is 0 Å². The summed E-state index contributed by atoms with van der Waals surface area (Å²) in [5, 5.41) is 3.08. The van der Waals surface area contributed by atoms with Gasteiger partial charge in [-0.05, 0) is 81.4 Å². The molecule has 27 heavy (non-hydrogen) atoms. The Balaban J connectivity index is 1.37. The van der Waals surface area contributed by atoms with Crippen molar-refractivity contribution < 1.29 is 14.3 Å². The average molecular weight is 372 g/mol. The van der Waals surface area contributed by atoms with Crippen molar-refractivity contribution in [3.63, 3.8) is 0 Å². The quantitative estimate of drug-likeness (QED) is 0.744. The number of aryl methyl sites for hydroxylation is 1. The van der Waals surface area contributed by atoms with Crippen molar-refractivity contribution in [2.45, 2.75) is 76.9 Å². The number of hydrogen-bond donors (Lipinski definition) is 1. The van der Waals surface area contributed by atoms with Crippen LogP contribution in [0.5, 0.6) is 0 Å². The summed E-state index contributed by atoms with van der Waals surface area (Å²) in [6.07, 6.45) is 8.52. The minimum Gasteiger partial charge on any atom is -0.449 e. The summed E-state index contributed by atoms with van der Waals surface area (Å²) in [7, 11) is 0. The third-order valence-corrected chi connectivity index (χ3v) is 6.70. The lowest BCUT2D eigenvalue weighted by atomic mass is 9.79. The molecule has 2 fully saturated rings. The second kappa shape index (κ2) is 8.22. The highest BCUT2D eigenvalue weighted by molar-refractivity contribution is 5.68. The van der Waals surface area contributed by atoms with Crippen LogP contribution in [0.15, 0.2) is 18.2 Å². The largest absolute Gasteiger partial charge is 0.449 e. The van der Waals surface area contributed by atoms with Gasteiger partial charge in [-0.2, -0.15) is 0 Å². The summed E-state index contributed by atoms with van der Waals surface area (Å²) in [4.78, 5) is 11.7. The highest BCUT2D eigenvalue weighted by Gasteiger charge is 2.41. The number of carbonyl (C=O) groups is 1. The first-order chi connectivity index (χ1) is 13.1. The summed E-state index contributed by atoms with van der Waals surface area (Å²) in [5.41, 5.74) is 4.47. The lowest BCUT2D eigenvalue weighted by Gasteiger charge is -2.31. The van der Waals surface area contributed by atoms with Crippen LogP contribution in [0.1, 0.15) is 68.6 Å². The van der Waals surface area contributed by atoms with Crippen LogP contribution in [0.2, 0.25) is 0 Å². The van der Waals surface area contributed by atoms with Gasteiger partial charge in [0.05, 0.1) is 12.7 Å². The van der Waals surface area contributed by atoms with Gasteiger partial charge in [-0.1, -0.05) is 18.2 Å². The Kier molecular flexibility index (Phi) is 5.72. The van der Waals surface area contributed by atoms with E-state index in [1.165, 1.54) is 48.8 Å². The molecule has 4 nitrogen and oxygen atoms in total. The molecule has 1 N–H and O–H groups in total. The van der Waals surface area contributed by atoms with Gasteiger partial charge in [0.2, 0.25) is 0 Å². The Hall–Kier alpha value is -1.55. The number of benzene rings is 1. The summed E-state index contributed by atoms with van der Waals surface area (Å²) >= 11 is 0. The monoisotopic (exact) mass is 371 g/mol. The first kappa shape index (κ1) is 18.8. The van der Waals surface area contributed by atoms with Gasteiger partial charge in [0.15, 0.2) is 0 Å². The van der Waals surface area contributed by atoms with Gasteiger partial charge in [0.1, 0.15) is 0 Å². The van der Waals surface area contributed by atoms with Crippen LogP contribution < -0.4 is 5.32 Å². The van der Waals surface area contributed by atoms with E-state index < -0.39 is 0 Å². The normalized spacial score (nSPS) is 29.8. The van der Waals surface area contributed by atoms with Crippen molar-refractivity contribution in [1.29, 1.82) is 0 Å². The molecule has 0 bridgehead atoms. The molecular formula is C23H33NO3. The molecule has 1 saturated carbocycles. The standard InChI is InChI=1S/C23H33NO3/c1-15(2)26-11-3-4-16-5-6-18-13-19(8-7-17(18)12-16)21-10-9-20-14-27-23(25)24-22(20)21/h7-8,13,15-16,20-22H,3-6,9-12,14H2,1-2H3,(H,24,25)/t16-,20-,21-,22?/m1/s1. The number of ether oxygens (including phenoxy) is 2. The molecule has 1 amide bonds. The van der Waals surface area contributed by atoms with Crippen LogP contribution in [0, 0.1) is 11.8 Å². The van der Waals surface area contributed by atoms with Crippen LogP contribution in [-0.4, -0.2) is 31.5 Å². The van der Waals surface area contributed by atoms with Crippen molar-refractivity contribution in [2.75, 3.05) is 13.2 Å². The molecule has 0 aromatic heterocycles. The van der Waals surface area contributed by atoms with Gasteiger partial charge < -0.3 is 14.8 Å². The summed E-state index contributed by atoms with van der Waals surface area (Å²) in [6, 6.07) is 7.36. The molecule has 3 aliphatic rings. The number of amides is 1. The van der Waals surface area contributed by atoms with E-state index in [0.717, 1.165) is 25.4 Å². The Morgan fingerprint density at radius 2 is 2.11 bits per heavy atom. The second-order valence-electron chi connectivity index (χ2n) is 8.91. The van der Waals surface area contributed by atoms with Crippen LogP contribution in [0.3, 0.4) is 0 Å². The molecule has 1 aliphatic heterocycles. The molecule has 148 valence electrons. The lowest BCUT2D eigenvalue weighted by molar-refractivity contribution is 0.0732. The number of alkyl carbamates (subject to hydrolysis) is 1. The molecule has 1 heterocycles. The number of cyclic esters (lactones) is 1. The zero-order valence-corrected chi connectivity index (χ0v) is 16.7. The second-order valence-corrected chi connectivity index (χ2v) is 8.91. The van der Waals surface area contributed by atoms with Crippen LogP contribution in [0.25, 0.3) is 0 Å². The molecule has 1 unspecified atom stereocenters. The number of nitrogens with one attached hydrogen (secondary N) is 1. The minimum absolute atomic E-state index is 0.245. The van der Waals surface area contributed by atoms with Crippen molar-refractivity contribution in [2.24, 2.45) is 11.8 Å². The van der Waals surface area contributed by atoms with E-state index in [9.17, 15) is 4.79 Å². The lowest BCUT2D eigenvalue weighted by Crippen LogP contribution is -2.47. The van der Waals surface area contributed by atoms with Crippen LogP contribution >= 0.6 is 0 Å². The molecule has 2 aliphatic carbocycles. The van der Waals surface area contributed by atoms with E-state index in [1.807, 2.05) is 0 Å². The van der Waals surface area contributed by atoms with E-state index in [2.05, 4.69) is 37.4 Å². The molecule has 0 spiro atoms. The molecule has 4 atom stereocenters. The Bertz CT molecular complexity index is 672. The maximum atomic E-state index is 11.7. The molecule has 4 heteroatoms. The average Bonchev–Trinajstić information content (AvgIpc) is 3.07. The van der Waals surface area contributed by atoms with Gasteiger partial charge in [-0.15, -0.1) is 0 Å². The third kappa shape index (κ3) is 4.31. The molecule has 4 rings (SSSR count). The molecule has 0 radical (unpaired) electrons. The number of rotatable bonds is 6. The third-order valence-electron chi connectivity index (χ3n) is 6.70. The molecule has 1 aromatic carbocycles. The van der Waals surface area contributed by atoms with Gasteiger partial charge >= 0.3 is 6.09 Å². The fraction of sp³-hybridized carbons (Fsp3) is 0.696. The van der Waals surface area contributed by atoms with Crippen molar-refractivity contribution >= 4 is 6.09 Å². The Morgan fingerprint density at radius 1 is 1.22 bits per heavy atom. The van der Waals surface area contributed by atoms with Crippen LogP contribution in [-0.2, 0) is 22.3 Å². The van der Waals surface area contributed by atoms with E-state index in [-0.39, 0.29) is 12.1 Å². The van der Waals surface area contributed by atoms with Gasteiger partial charge in [-0.3, -0.25) is 0 Å². The summed E-state index contributed by atoms with van der Waals surface area (Å²) in [6.45, 7) is 5.68. The smallest absolute Gasteiger partial charge is 0.407 e. The van der Waals surface area contributed by atoms with E-state index >= 15 is 0 Å². The maximum Gasteiger partial charge on any atom is 0.407 e. The minimum atomic E-state index is -0.245. The topological polar surface area (TPSA) is 47.6 Å². The van der Waals surface area contributed by atoms with Gasteiger partial charge in [0, 0.05) is 24.5 Å². The Labute approximate surface area is 163 Å². The first-order valence-corrected chi connectivity index (χ1v) is 10.8. The van der Waals surface area contributed by atoms with Crippen molar-refractivity contribution in [3.8, 4) is 0 Å². The van der Waals surface area contributed by atoms with E-state index in [0.29, 0.717) is 24.5 Å². The number of carbonyl (C=O) groups excluding carboxylic acids is 1. The summed E-state index contributed by atoms with van der Waals surface area (Å²) < 4.78 is 10.9. The number of fused-ring (bicyclic) bond motifs is 2. The van der Waals surface area contributed by atoms with E-state index in [4.69, 9.17) is 9.47 Å².